The number of hydrogen-bond acceptors (Lipinski definition) is 4. The molecule has 0 radical (unpaired) electrons. The third-order valence-electron chi connectivity index (χ3n) is 3.52. The Labute approximate surface area is 140 Å². The van der Waals surface area contributed by atoms with E-state index in [0.29, 0.717) is 11.5 Å². The van der Waals surface area contributed by atoms with Gasteiger partial charge in [0.05, 0.1) is 5.71 Å². The fourth-order valence-corrected chi connectivity index (χ4v) is 2.23. The summed E-state index contributed by atoms with van der Waals surface area (Å²) in [6.45, 7) is 1.71. The summed E-state index contributed by atoms with van der Waals surface area (Å²) in [6.07, 6.45) is 3.38. The molecule has 0 fully saturated rings. The first-order valence-corrected chi connectivity index (χ1v) is 7.57. The quantitative estimate of drug-likeness (QED) is 0.580. The highest BCUT2D eigenvalue weighted by molar-refractivity contribution is 5.99. The van der Waals surface area contributed by atoms with Gasteiger partial charge in [0.2, 0.25) is 0 Å². The van der Waals surface area contributed by atoms with Crippen molar-refractivity contribution in [1.82, 2.24) is 10.4 Å². The third kappa shape index (κ3) is 3.95. The van der Waals surface area contributed by atoms with E-state index in [1.165, 1.54) is 0 Å². The summed E-state index contributed by atoms with van der Waals surface area (Å²) < 4.78 is 5.52. The van der Waals surface area contributed by atoms with Crippen LogP contribution in [0.15, 0.2) is 72.1 Å². The molecule has 3 rings (SSSR count). The van der Waals surface area contributed by atoms with Crippen LogP contribution < -0.4 is 10.2 Å². The summed E-state index contributed by atoms with van der Waals surface area (Å²) in [5, 5.41) is 6.25. The molecule has 3 aromatic rings. The Balaban J connectivity index is 1.57. The number of carbonyl (C=O) groups excluding carboxylic acids is 1. The summed E-state index contributed by atoms with van der Waals surface area (Å²) in [6, 6.07) is 17.4. The Kier molecular flexibility index (Phi) is 4.81. The van der Waals surface area contributed by atoms with Gasteiger partial charge in [-0.15, -0.1) is 0 Å². The lowest BCUT2D eigenvalue weighted by molar-refractivity contribution is -0.123. The van der Waals surface area contributed by atoms with Crippen molar-refractivity contribution in [3.05, 3.63) is 72.6 Å². The van der Waals surface area contributed by atoms with E-state index in [1.54, 1.807) is 12.4 Å². The summed E-state index contributed by atoms with van der Waals surface area (Å²) in [7, 11) is 0. The Hall–Kier alpha value is -3.21. The topological polar surface area (TPSA) is 63.6 Å². The van der Waals surface area contributed by atoms with Gasteiger partial charge in [-0.05, 0) is 35.9 Å². The second-order valence-electron chi connectivity index (χ2n) is 5.27. The number of benzene rings is 2. The van der Waals surface area contributed by atoms with Crippen LogP contribution in [-0.4, -0.2) is 23.2 Å². The average molecular weight is 319 g/mol. The fraction of sp³-hybridized carbons (Fsp3) is 0.105. The molecule has 0 spiro atoms. The van der Waals surface area contributed by atoms with E-state index in [0.717, 1.165) is 16.3 Å². The highest BCUT2D eigenvalue weighted by Crippen LogP contribution is 2.20. The minimum atomic E-state index is -0.314. The normalized spacial score (nSPS) is 11.3. The molecule has 5 nitrogen and oxygen atoms in total. The Morgan fingerprint density at radius 1 is 1.12 bits per heavy atom. The van der Waals surface area contributed by atoms with E-state index in [9.17, 15) is 4.79 Å². The SMILES string of the molecule is C/C(=N\NC(=O)COc1ccc2ccccc2c1)c1cccnc1. The molecule has 0 aliphatic rings. The second kappa shape index (κ2) is 7.37. The van der Waals surface area contributed by atoms with E-state index in [4.69, 9.17) is 4.74 Å². The number of amides is 1. The zero-order chi connectivity index (χ0) is 16.8. The van der Waals surface area contributed by atoms with Gasteiger partial charge in [0.15, 0.2) is 6.61 Å². The number of nitrogens with one attached hydrogen (secondary N) is 1. The Morgan fingerprint density at radius 2 is 1.96 bits per heavy atom. The van der Waals surface area contributed by atoms with Crippen molar-refractivity contribution in [3.63, 3.8) is 0 Å². The maximum absolute atomic E-state index is 11.9. The molecule has 0 atom stereocenters. The molecule has 5 heteroatoms. The maximum atomic E-state index is 11.9. The van der Waals surface area contributed by atoms with Crippen LogP contribution in [0.5, 0.6) is 5.75 Å². The van der Waals surface area contributed by atoms with Crippen molar-refractivity contribution in [2.24, 2.45) is 5.10 Å². The molecule has 2 aromatic carbocycles. The first-order valence-electron chi connectivity index (χ1n) is 7.57. The second-order valence-corrected chi connectivity index (χ2v) is 5.27. The van der Waals surface area contributed by atoms with E-state index in [2.05, 4.69) is 15.5 Å². The predicted octanol–water partition coefficient (Wildman–Crippen LogP) is 3.15. The van der Waals surface area contributed by atoms with E-state index in [-0.39, 0.29) is 12.5 Å². The number of ether oxygens (including phenoxy) is 1. The van der Waals surface area contributed by atoms with Crippen LogP contribution in [0, 0.1) is 0 Å². The molecule has 0 saturated heterocycles. The molecule has 0 aliphatic heterocycles. The van der Waals surface area contributed by atoms with Crippen molar-refractivity contribution in [2.45, 2.75) is 6.92 Å². The molecule has 24 heavy (non-hydrogen) atoms. The van der Waals surface area contributed by atoms with Crippen molar-refractivity contribution in [1.29, 1.82) is 0 Å². The molecule has 0 bridgehead atoms. The minimum absolute atomic E-state index is 0.0951. The van der Waals surface area contributed by atoms with Crippen LogP contribution in [0.3, 0.4) is 0 Å². The number of aromatic nitrogens is 1. The van der Waals surface area contributed by atoms with Gasteiger partial charge in [0.25, 0.3) is 5.91 Å². The molecule has 0 aliphatic carbocycles. The minimum Gasteiger partial charge on any atom is -0.484 e. The number of pyridine rings is 1. The number of rotatable bonds is 5. The molecule has 0 unspecified atom stereocenters. The molecule has 1 N–H and O–H groups in total. The van der Waals surface area contributed by atoms with Crippen molar-refractivity contribution >= 4 is 22.4 Å². The van der Waals surface area contributed by atoms with E-state index >= 15 is 0 Å². The molecule has 0 saturated carbocycles. The van der Waals surface area contributed by atoms with Crippen LogP contribution >= 0.6 is 0 Å². The number of hydrazone groups is 1. The smallest absolute Gasteiger partial charge is 0.277 e. The lowest BCUT2D eigenvalue weighted by Crippen LogP contribution is -2.25. The molecule has 1 heterocycles. The largest absolute Gasteiger partial charge is 0.484 e. The van der Waals surface area contributed by atoms with E-state index in [1.807, 2.05) is 61.5 Å². The van der Waals surface area contributed by atoms with Crippen LogP contribution in [0.1, 0.15) is 12.5 Å². The monoisotopic (exact) mass is 319 g/mol. The number of fused-ring (bicyclic) bond motifs is 1. The van der Waals surface area contributed by atoms with Gasteiger partial charge >= 0.3 is 0 Å². The lowest BCUT2D eigenvalue weighted by atomic mass is 10.1. The van der Waals surface area contributed by atoms with Gasteiger partial charge in [0, 0.05) is 18.0 Å². The first-order chi connectivity index (χ1) is 11.7. The van der Waals surface area contributed by atoms with E-state index < -0.39 is 0 Å². The van der Waals surface area contributed by atoms with Gasteiger partial charge in [-0.2, -0.15) is 5.10 Å². The van der Waals surface area contributed by atoms with Crippen LogP contribution in [-0.2, 0) is 4.79 Å². The zero-order valence-electron chi connectivity index (χ0n) is 13.3. The first kappa shape index (κ1) is 15.7. The summed E-state index contributed by atoms with van der Waals surface area (Å²) in [4.78, 5) is 15.9. The maximum Gasteiger partial charge on any atom is 0.277 e. The third-order valence-corrected chi connectivity index (χ3v) is 3.52. The molecular weight excluding hydrogens is 302 g/mol. The van der Waals surface area contributed by atoms with Crippen molar-refractivity contribution < 1.29 is 9.53 Å². The van der Waals surface area contributed by atoms with Gasteiger partial charge in [0.1, 0.15) is 5.75 Å². The fourth-order valence-electron chi connectivity index (χ4n) is 2.23. The molecule has 1 aromatic heterocycles. The Morgan fingerprint density at radius 3 is 2.75 bits per heavy atom. The number of carbonyl (C=O) groups is 1. The highest BCUT2D eigenvalue weighted by atomic mass is 16.5. The highest BCUT2D eigenvalue weighted by Gasteiger charge is 2.04. The number of nitrogens with zero attached hydrogens (tertiary/aromatic N) is 2. The summed E-state index contributed by atoms with van der Waals surface area (Å²) in [5.41, 5.74) is 4.02. The van der Waals surface area contributed by atoms with Gasteiger partial charge in [-0.3, -0.25) is 9.78 Å². The molecule has 120 valence electrons. The lowest BCUT2D eigenvalue weighted by Gasteiger charge is -2.07. The summed E-state index contributed by atoms with van der Waals surface area (Å²) >= 11 is 0. The van der Waals surface area contributed by atoms with Crippen molar-refractivity contribution in [2.75, 3.05) is 6.61 Å². The van der Waals surface area contributed by atoms with Gasteiger partial charge < -0.3 is 4.74 Å². The van der Waals surface area contributed by atoms with Crippen molar-refractivity contribution in [3.8, 4) is 5.75 Å². The van der Waals surface area contributed by atoms with Crippen LogP contribution in [0.25, 0.3) is 10.8 Å². The van der Waals surface area contributed by atoms with Crippen LogP contribution in [0.2, 0.25) is 0 Å². The van der Waals surface area contributed by atoms with Crippen LogP contribution in [0.4, 0.5) is 0 Å². The molecule has 1 amide bonds. The Bertz CT molecular complexity index is 876. The predicted molar refractivity (Wildman–Crippen MR) is 94.0 cm³/mol. The zero-order valence-corrected chi connectivity index (χ0v) is 13.3. The van der Waals surface area contributed by atoms with Gasteiger partial charge in [-0.25, -0.2) is 5.43 Å². The van der Waals surface area contributed by atoms with Gasteiger partial charge in [-0.1, -0.05) is 36.4 Å². The average Bonchev–Trinajstić information content (AvgIpc) is 2.65. The number of hydrogen-bond donors (Lipinski definition) is 1. The molecular formula is C19H17N3O2. The summed E-state index contributed by atoms with van der Waals surface area (Å²) in [5.74, 6) is 0.336. The standard InChI is InChI=1S/C19H17N3O2/c1-14(17-7-4-10-20-12-17)21-22-19(23)13-24-18-9-8-15-5-2-3-6-16(15)11-18/h2-12H,13H2,1H3,(H,22,23)/b21-14+.